The van der Waals surface area contributed by atoms with E-state index in [2.05, 4.69) is 16.0 Å². The van der Waals surface area contributed by atoms with E-state index >= 15 is 0 Å². The van der Waals surface area contributed by atoms with Gasteiger partial charge in [-0.05, 0) is 26.1 Å². The lowest BCUT2D eigenvalue weighted by Crippen LogP contribution is -2.33. The van der Waals surface area contributed by atoms with Gasteiger partial charge >= 0.3 is 0 Å². The third kappa shape index (κ3) is 2.86. The largest absolute Gasteiger partial charge is 0.472 e. The molecule has 0 atom stereocenters. The first-order valence-electron chi connectivity index (χ1n) is 5.85. The van der Waals surface area contributed by atoms with Gasteiger partial charge in [-0.3, -0.25) is 4.79 Å². The molecule has 0 aliphatic carbocycles. The fourth-order valence-corrected chi connectivity index (χ4v) is 1.98. The Balaban J connectivity index is 2.10. The van der Waals surface area contributed by atoms with Gasteiger partial charge < -0.3 is 20.7 Å². The number of hydrogen-bond donors (Lipinski definition) is 3. The van der Waals surface area contributed by atoms with E-state index in [1.165, 1.54) is 0 Å². The zero-order chi connectivity index (χ0) is 13.0. The van der Waals surface area contributed by atoms with Gasteiger partial charge in [0, 0.05) is 12.6 Å². The lowest BCUT2D eigenvalue weighted by Gasteiger charge is -2.19. The second-order valence-corrected chi connectivity index (χ2v) is 4.41. The minimum atomic E-state index is -0.153. The van der Waals surface area contributed by atoms with Crippen LogP contribution in [-0.4, -0.2) is 32.8 Å². The van der Waals surface area contributed by atoms with Gasteiger partial charge in [0.2, 0.25) is 0 Å². The molecule has 0 bridgehead atoms. The number of halogens is 1. The number of amides is 1. The fraction of sp³-hybridized carbons (Fsp3) is 0.417. The molecule has 1 heterocycles. The second kappa shape index (κ2) is 5.93. The highest BCUT2D eigenvalue weighted by atomic mass is 35.5. The van der Waals surface area contributed by atoms with Crippen LogP contribution in [0.3, 0.4) is 0 Å². The summed E-state index contributed by atoms with van der Waals surface area (Å²) in [5, 5.41) is 9.43. The van der Waals surface area contributed by atoms with Crippen molar-refractivity contribution in [2.75, 3.05) is 32.2 Å². The van der Waals surface area contributed by atoms with Gasteiger partial charge in [-0.15, -0.1) is 0 Å². The van der Waals surface area contributed by atoms with Crippen molar-refractivity contribution in [2.45, 2.75) is 6.42 Å². The van der Waals surface area contributed by atoms with E-state index in [0.717, 1.165) is 25.2 Å². The number of anilines is 1. The molecule has 5 nitrogen and oxygen atoms in total. The number of nitrogens with one attached hydrogen (secondary N) is 3. The molecule has 1 aliphatic heterocycles. The van der Waals surface area contributed by atoms with Crippen LogP contribution >= 0.6 is 11.6 Å². The summed E-state index contributed by atoms with van der Waals surface area (Å²) >= 11 is 6.13. The SMILES string of the molecule is CNCCCNc1cc2c(cc1Cl)C(=O)NCO2. The first-order chi connectivity index (χ1) is 8.72. The molecular weight excluding hydrogens is 254 g/mol. The number of carbonyl (C=O) groups excluding carboxylic acids is 1. The van der Waals surface area contributed by atoms with Crippen LogP contribution in [0.5, 0.6) is 5.75 Å². The second-order valence-electron chi connectivity index (χ2n) is 4.01. The number of carbonyl (C=O) groups is 1. The third-order valence-electron chi connectivity index (χ3n) is 2.69. The Hall–Kier alpha value is -1.46. The molecule has 0 fully saturated rings. The smallest absolute Gasteiger partial charge is 0.257 e. The van der Waals surface area contributed by atoms with Gasteiger partial charge in [0.25, 0.3) is 5.91 Å². The normalized spacial score (nSPS) is 13.6. The van der Waals surface area contributed by atoms with Crippen molar-refractivity contribution in [3.63, 3.8) is 0 Å². The van der Waals surface area contributed by atoms with E-state index in [0.29, 0.717) is 16.3 Å². The first kappa shape index (κ1) is 13.0. The summed E-state index contributed by atoms with van der Waals surface area (Å²) in [6, 6.07) is 3.40. The molecule has 18 heavy (non-hydrogen) atoms. The summed E-state index contributed by atoms with van der Waals surface area (Å²) in [6.45, 7) is 1.95. The summed E-state index contributed by atoms with van der Waals surface area (Å²) in [5.74, 6) is 0.416. The molecule has 1 aromatic carbocycles. The number of hydrogen-bond acceptors (Lipinski definition) is 4. The third-order valence-corrected chi connectivity index (χ3v) is 3.01. The highest BCUT2D eigenvalue weighted by Crippen LogP contribution is 2.32. The van der Waals surface area contributed by atoms with Gasteiger partial charge in [0.1, 0.15) is 5.75 Å². The van der Waals surface area contributed by atoms with Crippen molar-refractivity contribution in [3.8, 4) is 5.75 Å². The number of rotatable bonds is 5. The molecule has 3 N–H and O–H groups in total. The lowest BCUT2D eigenvalue weighted by molar-refractivity contribution is 0.0883. The predicted molar refractivity (Wildman–Crippen MR) is 71.4 cm³/mol. The highest BCUT2D eigenvalue weighted by molar-refractivity contribution is 6.33. The Labute approximate surface area is 111 Å². The molecule has 0 spiro atoms. The van der Waals surface area contributed by atoms with Crippen LogP contribution in [0, 0.1) is 0 Å². The van der Waals surface area contributed by atoms with Gasteiger partial charge in [-0.1, -0.05) is 11.6 Å². The van der Waals surface area contributed by atoms with Crippen LogP contribution in [0.25, 0.3) is 0 Å². The minimum Gasteiger partial charge on any atom is -0.472 e. The average Bonchev–Trinajstić information content (AvgIpc) is 2.36. The van der Waals surface area contributed by atoms with E-state index in [4.69, 9.17) is 16.3 Å². The molecule has 2 rings (SSSR count). The zero-order valence-electron chi connectivity index (χ0n) is 10.2. The Morgan fingerprint density at radius 3 is 3.06 bits per heavy atom. The summed E-state index contributed by atoms with van der Waals surface area (Å²) in [5.41, 5.74) is 1.27. The van der Waals surface area contributed by atoms with Crippen LogP contribution in [0.1, 0.15) is 16.8 Å². The zero-order valence-corrected chi connectivity index (χ0v) is 10.9. The Bertz CT molecular complexity index is 451. The topological polar surface area (TPSA) is 62.4 Å². The quantitative estimate of drug-likeness (QED) is 0.708. The number of fused-ring (bicyclic) bond motifs is 1. The van der Waals surface area contributed by atoms with Gasteiger partial charge in [-0.25, -0.2) is 0 Å². The Morgan fingerprint density at radius 2 is 2.28 bits per heavy atom. The molecule has 1 aliphatic rings. The Morgan fingerprint density at radius 1 is 1.44 bits per heavy atom. The van der Waals surface area contributed by atoms with Gasteiger partial charge in [0.15, 0.2) is 6.73 Å². The van der Waals surface area contributed by atoms with Crippen molar-refractivity contribution < 1.29 is 9.53 Å². The van der Waals surface area contributed by atoms with Gasteiger partial charge in [0.05, 0.1) is 16.3 Å². The molecule has 0 radical (unpaired) electrons. The van der Waals surface area contributed by atoms with E-state index in [1.54, 1.807) is 12.1 Å². The molecule has 0 saturated heterocycles. The van der Waals surface area contributed by atoms with Crippen LogP contribution in [0.15, 0.2) is 12.1 Å². The fourth-order valence-electron chi connectivity index (χ4n) is 1.75. The molecule has 0 unspecified atom stereocenters. The lowest BCUT2D eigenvalue weighted by atomic mass is 10.1. The van der Waals surface area contributed by atoms with Gasteiger partial charge in [-0.2, -0.15) is 0 Å². The van der Waals surface area contributed by atoms with Crippen molar-refractivity contribution in [1.82, 2.24) is 10.6 Å². The predicted octanol–water partition coefficient (Wildman–Crippen LogP) is 1.44. The van der Waals surface area contributed by atoms with Crippen LogP contribution in [0.2, 0.25) is 5.02 Å². The van der Waals surface area contributed by atoms with Crippen LogP contribution in [0.4, 0.5) is 5.69 Å². The minimum absolute atomic E-state index is 0.153. The van der Waals surface area contributed by atoms with Crippen molar-refractivity contribution in [1.29, 1.82) is 0 Å². The maximum absolute atomic E-state index is 11.6. The van der Waals surface area contributed by atoms with E-state index in [9.17, 15) is 4.79 Å². The maximum Gasteiger partial charge on any atom is 0.257 e. The monoisotopic (exact) mass is 269 g/mol. The van der Waals surface area contributed by atoms with E-state index < -0.39 is 0 Å². The number of ether oxygens (including phenoxy) is 1. The molecular formula is C12H16ClN3O2. The highest BCUT2D eigenvalue weighted by Gasteiger charge is 2.19. The standard InChI is InChI=1S/C12H16ClN3O2/c1-14-3-2-4-15-10-6-11-8(5-9(10)13)12(17)16-7-18-11/h5-6,14-15H,2-4,7H2,1H3,(H,16,17). The summed E-state index contributed by atoms with van der Waals surface area (Å²) in [4.78, 5) is 11.6. The van der Waals surface area contributed by atoms with Crippen molar-refractivity contribution in [3.05, 3.63) is 22.7 Å². The average molecular weight is 270 g/mol. The van der Waals surface area contributed by atoms with Crippen molar-refractivity contribution in [2.24, 2.45) is 0 Å². The molecule has 6 heteroatoms. The van der Waals surface area contributed by atoms with Crippen molar-refractivity contribution >= 4 is 23.2 Å². The maximum atomic E-state index is 11.6. The van der Waals surface area contributed by atoms with Crippen LogP contribution in [-0.2, 0) is 0 Å². The summed E-state index contributed by atoms with van der Waals surface area (Å²) < 4.78 is 5.37. The molecule has 98 valence electrons. The molecule has 1 aromatic rings. The molecule has 0 aromatic heterocycles. The molecule has 0 saturated carbocycles. The van der Waals surface area contributed by atoms with E-state index in [1.807, 2.05) is 7.05 Å². The summed E-state index contributed by atoms with van der Waals surface area (Å²) in [6.07, 6.45) is 0.991. The summed E-state index contributed by atoms with van der Waals surface area (Å²) in [7, 11) is 1.92. The molecule has 1 amide bonds. The number of benzene rings is 1. The first-order valence-corrected chi connectivity index (χ1v) is 6.23. The van der Waals surface area contributed by atoms with Crippen LogP contribution < -0.4 is 20.7 Å². The Kier molecular flexibility index (Phi) is 4.28. The van der Waals surface area contributed by atoms with E-state index in [-0.39, 0.29) is 12.6 Å².